The molecule has 0 aliphatic rings. The van der Waals surface area contributed by atoms with Crippen LogP contribution in [0.4, 0.5) is 5.82 Å². The summed E-state index contributed by atoms with van der Waals surface area (Å²) in [6, 6.07) is 4.32. The van der Waals surface area contributed by atoms with E-state index in [1.54, 1.807) is 6.20 Å². The van der Waals surface area contributed by atoms with Gasteiger partial charge in [0.25, 0.3) is 0 Å². The van der Waals surface area contributed by atoms with Crippen LogP contribution in [0.15, 0.2) is 18.5 Å². The van der Waals surface area contributed by atoms with Gasteiger partial charge in [-0.3, -0.25) is 0 Å². The van der Waals surface area contributed by atoms with Gasteiger partial charge in [-0.15, -0.1) is 0 Å². The molecule has 2 rings (SSSR count). The highest BCUT2D eigenvalue weighted by Crippen LogP contribution is 2.22. The van der Waals surface area contributed by atoms with Crippen LogP contribution in [-0.4, -0.2) is 28.2 Å². The Morgan fingerprint density at radius 2 is 2.16 bits per heavy atom. The van der Waals surface area contributed by atoms with E-state index in [2.05, 4.69) is 36.1 Å². The predicted octanol–water partition coefficient (Wildman–Crippen LogP) is 2.45. The average molecular weight is 257 g/mol. The van der Waals surface area contributed by atoms with Crippen LogP contribution in [0, 0.1) is 17.2 Å². The monoisotopic (exact) mass is 257 g/mol. The number of rotatable bonds is 4. The van der Waals surface area contributed by atoms with Crippen LogP contribution in [0.1, 0.15) is 32.4 Å². The van der Waals surface area contributed by atoms with Crippen molar-refractivity contribution in [2.24, 2.45) is 5.92 Å². The lowest BCUT2D eigenvalue weighted by atomic mass is 10.1. The van der Waals surface area contributed by atoms with Gasteiger partial charge in [-0.25, -0.2) is 9.50 Å². The third-order valence-electron chi connectivity index (χ3n) is 3.11. The molecule has 19 heavy (non-hydrogen) atoms. The predicted molar refractivity (Wildman–Crippen MR) is 75.1 cm³/mol. The second-order valence-electron chi connectivity index (χ2n) is 5.22. The highest BCUT2D eigenvalue weighted by molar-refractivity contribution is 5.69. The summed E-state index contributed by atoms with van der Waals surface area (Å²) in [6.07, 6.45) is 3.60. The van der Waals surface area contributed by atoms with Crippen molar-refractivity contribution in [2.75, 3.05) is 18.5 Å². The molecule has 2 heterocycles. The van der Waals surface area contributed by atoms with Crippen LogP contribution in [0.5, 0.6) is 0 Å². The van der Waals surface area contributed by atoms with Gasteiger partial charge in [0.15, 0.2) is 5.82 Å². The van der Waals surface area contributed by atoms with Gasteiger partial charge in [-0.2, -0.15) is 10.4 Å². The summed E-state index contributed by atoms with van der Waals surface area (Å²) in [4.78, 5) is 6.43. The number of fused-ring (bicyclic) bond motifs is 1. The summed E-state index contributed by atoms with van der Waals surface area (Å²) in [5, 5.41) is 13.4. The van der Waals surface area contributed by atoms with Crippen LogP contribution in [0.2, 0.25) is 0 Å². The Morgan fingerprint density at radius 1 is 1.42 bits per heavy atom. The molecule has 0 aliphatic carbocycles. The van der Waals surface area contributed by atoms with E-state index in [-0.39, 0.29) is 5.92 Å². The minimum Gasteiger partial charge on any atom is -0.357 e. The molecule has 1 atom stereocenters. The molecule has 2 aromatic rings. The summed E-state index contributed by atoms with van der Waals surface area (Å²) in [7, 11) is 1.96. The molecule has 0 radical (unpaired) electrons. The Balaban J connectivity index is 2.40. The Bertz CT molecular complexity index is 608. The quantitative estimate of drug-likeness (QED) is 0.844. The van der Waals surface area contributed by atoms with E-state index in [1.807, 2.05) is 29.6 Å². The molecular formula is C14H19N5. The number of anilines is 1. The van der Waals surface area contributed by atoms with Gasteiger partial charge in [0, 0.05) is 26.0 Å². The van der Waals surface area contributed by atoms with Crippen molar-refractivity contribution < 1.29 is 0 Å². The number of hydrogen-bond acceptors (Lipinski definition) is 4. The van der Waals surface area contributed by atoms with Gasteiger partial charge in [0.2, 0.25) is 0 Å². The van der Waals surface area contributed by atoms with E-state index in [1.165, 1.54) is 0 Å². The van der Waals surface area contributed by atoms with Crippen LogP contribution < -0.4 is 4.90 Å². The zero-order chi connectivity index (χ0) is 14.0. The van der Waals surface area contributed by atoms with Crippen molar-refractivity contribution in [1.82, 2.24) is 14.6 Å². The molecule has 5 heteroatoms. The molecule has 0 amide bonds. The fraction of sp³-hybridized carbons (Fsp3) is 0.500. The molecule has 100 valence electrons. The molecule has 0 saturated heterocycles. The molecule has 0 spiro atoms. The Hall–Kier alpha value is -2.09. The van der Waals surface area contributed by atoms with Crippen molar-refractivity contribution in [1.29, 1.82) is 5.26 Å². The Kier molecular flexibility index (Phi) is 3.70. The lowest BCUT2D eigenvalue weighted by Crippen LogP contribution is -2.24. The van der Waals surface area contributed by atoms with Crippen LogP contribution >= 0.6 is 0 Å². The maximum atomic E-state index is 8.91. The van der Waals surface area contributed by atoms with Crippen molar-refractivity contribution in [3.63, 3.8) is 0 Å². The van der Waals surface area contributed by atoms with Crippen LogP contribution in [0.25, 0.3) is 5.52 Å². The normalized spacial score (nSPS) is 12.6. The van der Waals surface area contributed by atoms with Gasteiger partial charge in [0.05, 0.1) is 17.7 Å². The van der Waals surface area contributed by atoms with Gasteiger partial charge in [-0.05, 0) is 18.9 Å². The van der Waals surface area contributed by atoms with E-state index >= 15 is 0 Å². The second kappa shape index (κ2) is 5.27. The van der Waals surface area contributed by atoms with Crippen molar-refractivity contribution in [2.45, 2.75) is 26.7 Å². The van der Waals surface area contributed by atoms with E-state index in [4.69, 9.17) is 5.26 Å². The van der Waals surface area contributed by atoms with Gasteiger partial charge in [0.1, 0.15) is 5.52 Å². The third kappa shape index (κ3) is 2.68. The van der Waals surface area contributed by atoms with Crippen molar-refractivity contribution in [3.05, 3.63) is 24.2 Å². The maximum absolute atomic E-state index is 8.91. The molecular weight excluding hydrogens is 238 g/mol. The molecule has 0 aromatic carbocycles. The van der Waals surface area contributed by atoms with Crippen LogP contribution in [0.3, 0.4) is 0 Å². The summed E-state index contributed by atoms with van der Waals surface area (Å²) < 4.78 is 1.85. The fourth-order valence-electron chi connectivity index (χ4n) is 2.04. The Morgan fingerprint density at radius 3 is 2.79 bits per heavy atom. The maximum Gasteiger partial charge on any atom is 0.154 e. The summed E-state index contributed by atoms with van der Waals surface area (Å²) in [6.45, 7) is 6.81. The molecule has 1 unspecified atom stereocenters. The number of aromatic nitrogens is 3. The zero-order valence-corrected chi connectivity index (χ0v) is 11.8. The smallest absolute Gasteiger partial charge is 0.154 e. The molecule has 5 nitrogen and oxygen atoms in total. The molecule has 0 bridgehead atoms. The zero-order valence-electron chi connectivity index (χ0n) is 11.8. The Labute approximate surface area is 113 Å². The molecule has 2 aromatic heterocycles. The number of hydrogen-bond donors (Lipinski definition) is 0. The minimum atomic E-state index is -0.0282. The molecule has 0 aliphatic heterocycles. The summed E-state index contributed by atoms with van der Waals surface area (Å²) >= 11 is 0. The van der Waals surface area contributed by atoms with Crippen molar-refractivity contribution >= 4 is 11.3 Å². The summed E-state index contributed by atoms with van der Waals surface area (Å²) in [5.74, 6) is 1.22. The first-order valence-electron chi connectivity index (χ1n) is 6.48. The second-order valence-corrected chi connectivity index (χ2v) is 5.22. The first-order valence-corrected chi connectivity index (χ1v) is 6.48. The highest BCUT2D eigenvalue weighted by Gasteiger charge is 2.14. The first-order chi connectivity index (χ1) is 9.02. The SMILES string of the molecule is CC(C#N)CN(C)c1nccn2nc(C(C)C)cc12. The number of nitriles is 1. The molecule has 0 saturated carbocycles. The van der Waals surface area contributed by atoms with Crippen molar-refractivity contribution in [3.8, 4) is 6.07 Å². The summed E-state index contributed by atoms with van der Waals surface area (Å²) in [5.41, 5.74) is 2.04. The lowest BCUT2D eigenvalue weighted by molar-refractivity contribution is 0.709. The van der Waals surface area contributed by atoms with E-state index < -0.39 is 0 Å². The molecule has 0 N–H and O–H groups in total. The van der Waals surface area contributed by atoms with E-state index in [0.29, 0.717) is 12.5 Å². The van der Waals surface area contributed by atoms with E-state index in [0.717, 1.165) is 17.0 Å². The van der Waals surface area contributed by atoms with Gasteiger partial charge >= 0.3 is 0 Å². The highest BCUT2D eigenvalue weighted by atomic mass is 15.3. The van der Waals surface area contributed by atoms with Gasteiger partial charge < -0.3 is 4.90 Å². The van der Waals surface area contributed by atoms with E-state index in [9.17, 15) is 0 Å². The standard InChI is InChI=1S/C14H19N5/c1-10(2)12-7-13-14(16-5-6-19(13)17-12)18(4)9-11(3)8-15/h5-7,10-11H,9H2,1-4H3. The van der Waals surface area contributed by atoms with Gasteiger partial charge in [-0.1, -0.05) is 13.8 Å². The fourth-order valence-corrected chi connectivity index (χ4v) is 2.04. The largest absolute Gasteiger partial charge is 0.357 e. The third-order valence-corrected chi connectivity index (χ3v) is 3.11. The average Bonchev–Trinajstić information content (AvgIpc) is 2.82. The number of nitrogens with zero attached hydrogens (tertiary/aromatic N) is 5. The topological polar surface area (TPSA) is 57.2 Å². The lowest BCUT2D eigenvalue weighted by Gasteiger charge is -2.19. The minimum absolute atomic E-state index is 0.0282. The first kappa shape index (κ1) is 13.3. The molecule has 0 fully saturated rings. The van der Waals surface area contributed by atoms with Crippen LogP contribution in [-0.2, 0) is 0 Å².